The van der Waals surface area contributed by atoms with Crippen LogP contribution in [0.4, 0.5) is 5.95 Å². The van der Waals surface area contributed by atoms with Gasteiger partial charge in [0.05, 0.1) is 13.0 Å². The zero-order valence-electron chi connectivity index (χ0n) is 10.7. The van der Waals surface area contributed by atoms with Crippen molar-refractivity contribution in [2.45, 2.75) is 13.3 Å². The lowest BCUT2D eigenvalue weighted by Crippen LogP contribution is -2.16. The Morgan fingerprint density at radius 3 is 2.79 bits per heavy atom. The van der Waals surface area contributed by atoms with Crippen LogP contribution in [0.15, 0.2) is 42.7 Å². The number of amides is 1. The highest BCUT2D eigenvalue weighted by atomic mass is 16.5. The molecule has 0 spiro atoms. The van der Waals surface area contributed by atoms with Crippen molar-refractivity contribution < 1.29 is 9.53 Å². The van der Waals surface area contributed by atoms with Crippen molar-refractivity contribution in [1.29, 1.82) is 0 Å². The molecule has 98 valence electrons. The Labute approximate surface area is 111 Å². The zero-order valence-corrected chi connectivity index (χ0v) is 10.7. The van der Waals surface area contributed by atoms with Crippen LogP contribution in [-0.4, -0.2) is 22.5 Å². The van der Waals surface area contributed by atoms with Crippen molar-refractivity contribution in [2.24, 2.45) is 0 Å². The number of benzene rings is 1. The molecule has 2 aromatic rings. The van der Waals surface area contributed by atoms with E-state index >= 15 is 0 Å². The molecule has 0 atom stereocenters. The maximum atomic E-state index is 11.6. The average Bonchev–Trinajstić information content (AvgIpc) is 2.40. The first-order valence-corrected chi connectivity index (χ1v) is 6.00. The molecule has 19 heavy (non-hydrogen) atoms. The molecule has 0 aliphatic heterocycles. The van der Waals surface area contributed by atoms with Crippen molar-refractivity contribution in [1.82, 2.24) is 9.97 Å². The highest BCUT2D eigenvalue weighted by Crippen LogP contribution is 2.12. The minimum Gasteiger partial charge on any atom is -0.493 e. The molecule has 1 heterocycles. The second kappa shape index (κ2) is 6.49. The number of ether oxygens (including phenoxy) is 1. The highest BCUT2D eigenvalue weighted by molar-refractivity contribution is 5.88. The first-order chi connectivity index (χ1) is 9.24. The highest BCUT2D eigenvalue weighted by Gasteiger charge is 2.04. The molecule has 0 aliphatic carbocycles. The van der Waals surface area contributed by atoms with E-state index in [1.165, 1.54) is 0 Å². The van der Waals surface area contributed by atoms with Crippen molar-refractivity contribution in [3.05, 3.63) is 48.3 Å². The third-order valence-corrected chi connectivity index (χ3v) is 2.40. The summed E-state index contributed by atoms with van der Waals surface area (Å²) in [5, 5.41) is 2.60. The van der Waals surface area contributed by atoms with E-state index in [4.69, 9.17) is 4.74 Å². The summed E-state index contributed by atoms with van der Waals surface area (Å²) >= 11 is 0. The molecule has 0 fully saturated rings. The lowest BCUT2D eigenvalue weighted by Gasteiger charge is -2.06. The number of aryl methyl sites for hydroxylation is 1. The van der Waals surface area contributed by atoms with E-state index in [-0.39, 0.29) is 12.3 Å². The summed E-state index contributed by atoms with van der Waals surface area (Å²) in [5.41, 5.74) is 1.12. The summed E-state index contributed by atoms with van der Waals surface area (Å²) in [6.45, 7) is 2.31. The molecule has 0 aliphatic rings. The minimum absolute atomic E-state index is 0.168. The average molecular weight is 257 g/mol. The van der Waals surface area contributed by atoms with Gasteiger partial charge >= 0.3 is 0 Å². The van der Waals surface area contributed by atoms with Crippen LogP contribution in [0.25, 0.3) is 0 Å². The van der Waals surface area contributed by atoms with E-state index in [1.807, 2.05) is 31.2 Å². The Kier molecular flexibility index (Phi) is 4.44. The normalized spacial score (nSPS) is 9.95. The van der Waals surface area contributed by atoms with Crippen LogP contribution in [0.1, 0.15) is 12.0 Å². The Bertz CT molecular complexity index is 543. The first kappa shape index (κ1) is 13.0. The monoisotopic (exact) mass is 257 g/mol. The second-order valence-electron chi connectivity index (χ2n) is 4.04. The molecule has 2 rings (SSSR count). The van der Waals surface area contributed by atoms with Gasteiger partial charge in [-0.05, 0) is 30.7 Å². The van der Waals surface area contributed by atoms with E-state index in [1.54, 1.807) is 18.5 Å². The molecule has 0 saturated heterocycles. The summed E-state index contributed by atoms with van der Waals surface area (Å²) in [5.74, 6) is 0.908. The van der Waals surface area contributed by atoms with E-state index in [0.29, 0.717) is 12.6 Å². The predicted octanol–water partition coefficient (Wildman–Crippen LogP) is 2.19. The Balaban J connectivity index is 1.75. The third kappa shape index (κ3) is 4.39. The number of anilines is 1. The molecular formula is C14H15N3O2. The Morgan fingerprint density at radius 2 is 2.05 bits per heavy atom. The third-order valence-electron chi connectivity index (χ3n) is 2.40. The number of nitrogens with zero attached hydrogens (tertiary/aromatic N) is 2. The van der Waals surface area contributed by atoms with Crippen molar-refractivity contribution in [3.63, 3.8) is 0 Å². The van der Waals surface area contributed by atoms with Gasteiger partial charge in [0, 0.05) is 12.4 Å². The number of rotatable bonds is 5. The summed E-state index contributed by atoms with van der Waals surface area (Å²) < 4.78 is 5.49. The molecule has 0 unspecified atom stereocenters. The Morgan fingerprint density at radius 1 is 1.26 bits per heavy atom. The maximum absolute atomic E-state index is 11.6. The predicted molar refractivity (Wildman–Crippen MR) is 72.0 cm³/mol. The van der Waals surface area contributed by atoms with Crippen LogP contribution >= 0.6 is 0 Å². The van der Waals surface area contributed by atoms with Crippen molar-refractivity contribution in [3.8, 4) is 5.75 Å². The van der Waals surface area contributed by atoms with Crippen molar-refractivity contribution >= 4 is 11.9 Å². The smallest absolute Gasteiger partial charge is 0.230 e. The lowest BCUT2D eigenvalue weighted by molar-refractivity contribution is -0.116. The SMILES string of the molecule is Cc1cccc(OCCC(=O)Nc2ncccn2)c1. The second-order valence-corrected chi connectivity index (χ2v) is 4.04. The quantitative estimate of drug-likeness (QED) is 0.891. The van der Waals surface area contributed by atoms with E-state index in [0.717, 1.165) is 11.3 Å². The van der Waals surface area contributed by atoms with Crippen LogP contribution < -0.4 is 10.1 Å². The minimum atomic E-state index is -0.168. The summed E-state index contributed by atoms with van der Waals surface area (Å²) in [6.07, 6.45) is 3.41. The van der Waals surface area contributed by atoms with Crippen LogP contribution in [0.2, 0.25) is 0 Å². The fraction of sp³-hybridized carbons (Fsp3) is 0.214. The topological polar surface area (TPSA) is 64.1 Å². The zero-order chi connectivity index (χ0) is 13.5. The van der Waals surface area contributed by atoms with Crippen LogP contribution in [0.3, 0.4) is 0 Å². The molecule has 5 nitrogen and oxygen atoms in total. The maximum Gasteiger partial charge on any atom is 0.230 e. The van der Waals surface area contributed by atoms with Gasteiger partial charge in [-0.15, -0.1) is 0 Å². The van der Waals surface area contributed by atoms with Gasteiger partial charge in [0.1, 0.15) is 5.75 Å². The molecule has 1 aromatic carbocycles. The van der Waals surface area contributed by atoms with Gasteiger partial charge in [-0.25, -0.2) is 9.97 Å². The van der Waals surface area contributed by atoms with Gasteiger partial charge in [0.2, 0.25) is 11.9 Å². The van der Waals surface area contributed by atoms with Crippen molar-refractivity contribution in [2.75, 3.05) is 11.9 Å². The van der Waals surface area contributed by atoms with Crippen LogP contribution in [0, 0.1) is 6.92 Å². The lowest BCUT2D eigenvalue weighted by atomic mass is 10.2. The van der Waals surface area contributed by atoms with Gasteiger partial charge < -0.3 is 4.74 Å². The Hall–Kier alpha value is -2.43. The van der Waals surface area contributed by atoms with Crippen LogP contribution in [-0.2, 0) is 4.79 Å². The largest absolute Gasteiger partial charge is 0.493 e. The summed E-state index contributed by atoms with van der Waals surface area (Å²) in [7, 11) is 0. The van der Waals surface area contributed by atoms with E-state index < -0.39 is 0 Å². The van der Waals surface area contributed by atoms with E-state index in [2.05, 4.69) is 15.3 Å². The first-order valence-electron chi connectivity index (χ1n) is 6.00. The molecule has 1 aromatic heterocycles. The number of hydrogen-bond acceptors (Lipinski definition) is 4. The van der Waals surface area contributed by atoms with Gasteiger partial charge in [-0.3, -0.25) is 10.1 Å². The number of carbonyl (C=O) groups excluding carboxylic acids is 1. The van der Waals surface area contributed by atoms with Gasteiger partial charge in [-0.2, -0.15) is 0 Å². The summed E-state index contributed by atoms with van der Waals surface area (Å²) in [6, 6.07) is 9.40. The summed E-state index contributed by atoms with van der Waals surface area (Å²) in [4.78, 5) is 19.4. The number of hydrogen-bond donors (Lipinski definition) is 1. The molecule has 0 radical (unpaired) electrons. The van der Waals surface area contributed by atoms with E-state index in [9.17, 15) is 4.79 Å². The molecule has 5 heteroatoms. The van der Waals surface area contributed by atoms with Gasteiger partial charge in [0.25, 0.3) is 0 Å². The molecule has 0 bridgehead atoms. The molecular weight excluding hydrogens is 242 g/mol. The number of carbonyl (C=O) groups is 1. The molecule has 1 N–H and O–H groups in total. The van der Waals surface area contributed by atoms with Crippen LogP contribution in [0.5, 0.6) is 5.75 Å². The standard InChI is InChI=1S/C14H15N3O2/c1-11-4-2-5-12(10-11)19-9-6-13(18)17-14-15-7-3-8-16-14/h2-5,7-8,10H,6,9H2,1H3,(H,15,16,17,18). The number of nitrogens with one attached hydrogen (secondary N) is 1. The van der Waals surface area contributed by atoms with Gasteiger partial charge in [-0.1, -0.05) is 12.1 Å². The number of aromatic nitrogens is 2. The fourth-order valence-corrected chi connectivity index (χ4v) is 1.52. The molecule has 1 amide bonds. The molecule has 0 saturated carbocycles. The van der Waals surface area contributed by atoms with Gasteiger partial charge in [0.15, 0.2) is 0 Å². The fourth-order valence-electron chi connectivity index (χ4n) is 1.52.